The van der Waals surface area contributed by atoms with E-state index in [1.807, 2.05) is 29.2 Å². The quantitative estimate of drug-likeness (QED) is 0.926. The SMILES string of the molecule is COCCC(=O)N1CCNCC1c1cccc(Cl)c1.Cl. The van der Waals surface area contributed by atoms with Crippen LogP contribution >= 0.6 is 24.0 Å². The van der Waals surface area contributed by atoms with Crippen molar-refractivity contribution < 1.29 is 9.53 Å². The Morgan fingerprint density at radius 3 is 3.05 bits per heavy atom. The normalized spacial score (nSPS) is 18.5. The van der Waals surface area contributed by atoms with Gasteiger partial charge in [-0.2, -0.15) is 0 Å². The number of nitrogens with one attached hydrogen (secondary N) is 1. The van der Waals surface area contributed by atoms with E-state index in [2.05, 4.69) is 5.32 Å². The molecule has 0 aliphatic carbocycles. The van der Waals surface area contributed by atoms with Crippen molar-refractivity contribution in [1.82, 2.24) is 10.2 Å². The molecule has 0 saturated carbocycles. The second kappa shape index (κ2) is 8.47. The summed E-state index contributed by atoms with van der Waals surface area (Å²) in [4.78, 5) is 14.1. The van der Waals surface area contributed by atoms with Crippen molar-refractivity contribution in [3.8, 4) is 0 Å². The third kappa shape index (κ3) is 4.35. The lowest BCUT2D eigenvalue weighted by atomic mass is 10.0. The van der Waals surface area contributed by atoms with Crippen molar-refractivity contribution in [2.75, 3.05) is 33.4 Å². The zero-order chi connectivity index (χ0) is 13.7. The number of hydrogen-bond acceptors (Lipinski definition) is 3. The molecule has 2 rings (SSSR count). The van der Waals surface area contributed by atoms with Crippen molar-refractivity contribution in [2.45, 2.75) is 12.5 Å². The number of carbonyl (C=O) groups is 1. The van der Waals surface area contributed by atoms with E-state index in [1.54, 1.807) is 7.11 Å². The molecule has 1 aliphatic heterocycles. The van der Waals surface area contributed by atoms with Gasteiger partial charge >= 0.3 is 0 Å². The highest BCUT2D eigenvalue weighted by molar-refractivity contribution is 6.30. The summed E-state index contributed by atoms with van der Waals surface area (Å²) >= 11 is 6.03. The van der Waals surface area contributed by atoms with Gasteiger partial charge in [-0.1, -0.05) is 23.7 Å². The van der Waals surface area contributed by atoms with Crippen LogP contribution in [0.25, 0.3) is 0 Å². The minimum absolute atomic E-state index is 0. The monoisotopic (exact) mass is 318 g/mol. The zero-order valence-corrected chi connectivity index (χ0v) is 13.0. The second-order valence-electron chi connectivity index (χ2n) is 4.60. The number of halogens is 2. The third-order valence-corrected chi connectivity index (χ3v) is 3.55. The largest absolute Gasteiger partial charge is 0.384 e. The van der Waals surface area contributed by atoms with Crippen molar-refractivity contribution in [1.29, 1.82) is 0 Å². The molecule has 20 heavy (non-hydrogen) atoms. The molecule has 4 nitrogen and oxygen atoms in total. The van der Waals surface area contributed by atoms with Gasteiger partial charge in [-0.05, 0) is 17.7 Å². The zero-order valence-electron chi connectivity index (χ0n) is 11.5. The van der Waals surface area contributed by atoms with E-state index < -0.39 is 0 Å². The first-order chi connectivity index (χ1) is 9.22. The number of methoxy groups -OCH3 is 1. The van der Waals surface area contributed by atoms with Gasteiger partial charge in [0.2, 0.25) is 5.91 Å². The van der Waals surface area contributed by atoms with Crippen LogP contribution in [0.3, 0.4) is 0 Å². The average molecular weight is 319 g/mol. The first-order valence-electron chi connectivity index (χ1n) is 6.47. The number of amides is 1. The summed E-state index contributed by atoms with van der Waals surface area (Å²) < 4.78 is 4.98. The number of ether oxygens (including phenoxy) is 1. The maximum Gasteiger partial charge on any atom is 0.225 e. The molecule has 0 radical (unpaired) electrons. The molecule has 1 atom stereocenters. The Balaban J connectivity index is 0.00000200. The lowest BCUT2D eigenvalue weighted by Gasteiger charge is -2.36. The molecule has 0 bridgehead atoms. The predicted molar refractivity (Wildman–Crippen MR) is 82.5 cm³/mol. The van der Waals surface area contributed by atoms with Crippen molar-refractivity contribution in [3.63, 3.8) is 0 Å². The van der Waals surface area contributed by atoms with Gasteiger partial charge in [0.05, 0.1) is 19.1 Å². The Bertz CT molecular complexity index is 443. The van der Waals surface area contributed by atoms with Crippen molar-refractivity contribution >= 4 is 29.9 Å². The number of piperazine rings is 1. The molecule has 0 aromatic heterocycles. The molecule has 0 spiro atoms. The Morgan fingerprint density at radius 2 is 2.35 bits per heavy atom. The van der Waals surface area contributed by atoms with Crippen LogP contribution in [0, 0.1) is 0 Å². The fourth-order valence-corrected chi connectivity index (χ4v) is 2.55. The summed E-state index contributed by atoms with van der Waals surface area (Å²) in [5, 5.41) is 4.03. The van der Waals surface area contributed by atoms with Crippen LogP contribution in [0.15, 0.2) is 24.3 Å². The first-order valence-corrected chi connectivity index (χ1v) is 6.84. The first kappa shape index (κ1) is 17.2. The van der Waals surface area contributed by atoms with Crippen LogP contribution in [0.2, 0.25) is 5.02 Å². The molecule has 112 valence electrons. The van der Waals surface area contributed by atoms with Gasteiger partial charge < -0.3 is 15.0 Å². The Kier molecular flexibility index (Phi) is 7.30. The van der Waals surface area contributed by atoms with E-state index in [9.17, 15) is 4.79 Å². The smallest absolute Gasteiger partial charge is 0.225 e. The van der Waals surface area contributed by atoms with Crippen LogP contribution in [0.5, 0.6) is 0 Å². The molecule has 1 fully saturated rings. The average Bonchev–Trinajstić information content (AvgIpc) is 2.45. The highest BCUT2D eigenvalue weighted by Gasteiger charge is 2.27. The highest BCUT2D eigenvalue weighted by atomic mass is 35.5. The summed E-state index contributed by atoms with van der Waals surface area (Å²) in [6.07, 6.45) is 0.424. The van der Waals surface area contributed by atoms with Gasteiger partial charge in [0.25, 0.3) is 0 Å². The van der Waals surface area contributed by atoms with Gasteiger partial charge in [-0.3, -0.25) is 4.79 Å². The van der Waals surface area contributed by atoms with Crippen LogP contribution in [-0.4, -0.2) is 44.2 Å². The summed E-state index contributed by atoms with van der Waals surface area (Å²) in [5.41, 5.74) is 1.07. The van der Waals surface area contributed by atoms with Crippen molar-refractivity contribution in [3.05, 3.63) is 34.9 Å². The van der Waals surface area contributed by atoms with Gasteiger partial charge in [-0.25, -0.2) is 0 Å². The number of hydrogen-bond donors (Lipinski definition) is 1. The van der Waals surface area contributed by atoms with Gasteiger partial charge in [0.15, 0.2) is 0 Å². The van der Waals surface area contributed by atoms with Crippen LogP contribution in [-0.2, 0) is 9.53 Å². The van der Waals surface area contributed by atoms with Gasteiger partial charge in [-0.15, -0.1) is 12.4 Å². The number of carbonyl (C=O) groups excluding carboxylic acids is 1. The van der Waals surface area contributed by atoms with E-state index in [4.69, 9.17) is 16.3 Å². The fraction of sp³-hybridized carbons (Fsp3) is 0.500. The minimum Gasteiger partial charge on any atom is -0.384 e. The van der Waals surface area contributed by atoms with E-state index in [0.29, 0.717) is 18.1 Å². The molecule has 1 N–H and O–H groups in total. The van der Waals surface area contributed by atoms with E-state index >= 15 is 0 Å². The molecular weight excluding hydrogens is 299 g/mol. The predicted octanol–water partition coefficient (Wildman–Crippen LogP) is 2.27. The molecule has 1 unspecified atom stereocenters. The molecule has 1 amide bonds. The molecule has 1 aliphatic rings. The summed E-state index contributed by atoms with van der Waals surface area (Å²) in [6, 6.07) is 7.76. The molecule has 1 heterocycles. The Labute approximate surface area is 130 Å². The van der Waals surface area contributed by atoms with E-state index in [0.717, 1.165) is 25.2 Å². The molecule has 6 heteroatoms. The summed E-state index contributed by atoms with van der Waals surface area (Å²) in [5.74, 6) is 0.133. The molecule has 1 saturated heterocycles. The molecule has 1 aromatic rings. The topological polar surface area (TPSA) is 41.6 Å². The van der Waals surface area contributed by atoms with Gasteiger partial charge in [0.1, 0.15) is 0 Å². The van der Waals surface area contributed by atoms with Gasteiger partial charge in [0, 0.05) is 31.8 Å². The maximum absolute atomic E-state index is 12.2. The number of nitrogens with zero attached hydrogens (tertiary/aromatic N) is 1. The Morgan fingerprint density at radius 1 is 1.55 bits per heavy atom. The van der Waals surface area contributed by atoms with Crippen LogP contribution in [0.1, 0.15) is 18.0 Å². The summed E-state index contributed by atoms with van der Waals surface area (Å²) in [6.45, 7) is 2.78. The van der Waals surface area contributed by atoms with E-state index in [1.165, 1.54) is 0 Å². The van der Waals surface area contributed by atoms with Crippen molar-refractivity contribution in [2.24, 2.45) is 0 Å². The fourth-order valence-electron chi connectivity index (χ4n) is 2.35. The van der Waals surface area contributed by atoms with Crippen LogP contribution in [0.4, 0.5) is 0 Å². The maximum atomic E-state index is 12.2. The third-order valence-electron chi connectivity index (χ3n) is 3.32. The summed E-state index contributed by atoms with van der Waals surface area (Å²) in [7, 11) is 1.61. The lowest BCUT2D eigenvalue weighted by Crippen LogP contribution is -2.48. The lowest BCUT2D eigenvalue weighted by molar-refractivity contribution is -0.135. The standard InChI is InChI=1S/C14H19ClN2O2.ClH/c1-19-8-5-14(18)17-7-6-16-10-13(17)11-3-2-4-12(15)9-11;/h2-4,9,13,16H,5-8,10H2,1H3;1H. The number of rotatable bonds is 4. The number of benzene rings is 1. The Hall–Kier alpha value is -0.810. The molecular formula is C14H20Cl2N2O2. The minimum atomic E-state index is 0. The van der Waals surface area contributed by atoms with Crippen LogP contribution < -0.4 is 5.32 Å². The second-order valence-corrected chi connectivity index (χ2v) is 5.04. The highest BCUT2D eigenvalue weighted by Crippen LogP contribution is 2.25. The molecule has 1 aromatic carbocycles. The van der Waals surface area contributed by atoms with E-state index in [-0.39, 0.29) is 24.4 Å².